The maximum atomic E-state index is 6.34. The molecule has 2 aromatic rings. The topological polar surface area (TPSA) is 63.9 Å². The van der Waals surface area contributed by atoms with Gasteiger partial charge in [0.1, 0.15) is 6.04 Å². The van der Waals surface area contributed by atoms with Gasteiger partial charge in [-0.05, 0) is 37.8 Å². The normalized spacial score (nSPS) is 24.8. The third-order valence-electron chi connectivity index (χ3n) is 7.21. The van der Waals surface area contributed by atoms with Crippen molar-refractivity contribution in [3.63, 3.8) is 0 Å². The molecule has 2 fully saturated rings. The first kappa shape index (κ1) is 21.6. The molecule has 1 aromatic heterocycles. The number of ether oxygens (including phenoxy) is 2. The lowest BCUT2D eigenvalue weighted by atomic mass is 10.0. The smallest absolute Gasteiger partial charge is 0.263 e. The standard InChI is InChI=1S/C25H36N4O3/c1-2-4-8-14-20(13-7-3-1)28-18-12-6-5-9-15-21(29(28)24-19-30-27-26-24)25-31-22-16-10-11-17-23(22)32-25/h10-11,16-17,19-21,25H,1-9,12-15,18H2. The second kappa shape index (κ2) is 10.6. The molecule has 1 unspecified atom stereocenters. The average molecular weight is 441 g/mol. The van der Waals surface area contributed by atoms with Crippen molar-refractivity contribution in [1.82, 2.24) is 15.4 Å². The second-order valence-electron chi connectivity index (χ2n) is 9.44. The van der Waals surface area contributed by atoms with Crippen molar-refractivity contribution in [3.05, 3.63) is 30.5 Å². The zero-order valence-corrected chi connectivity index (χ0v) is 19.0. The summed E-state index contributed by atoms with van der Waals surface area (Å²) in [5, 5.41) is 13.1. The van der Waals surface area contributed by atoms with Crippen LogP contribution in [-0.4, -0.2) is 40.3 Å². The Bertz CT molecular complexity index is 795. The maximum absolute atomic E-state index is 6.34. The van der Waals surface area contributed by atoms with E-state index in [9.17, 15) is 0 Å². The second-order valence-corrected chi connectivity index (χ2v) is 9.44. The predicted molar refractivity (Wildman–Crippen MR) is 123 cm³/mol. The number of benzene rings is 1. The Labute approximate surface area is 191 Å². The van der Waals surface area contributed by atoms with Gasteiger partial charge in [-0.2, -0.15) is 0 Å². The molecule has 1 saturated carbocycles. The van der Waals surface area contributed by atoms with Gasteiger partial charge in [0.25, 0.3) is 6.29 Å². The minimum atomic E-state index is -0.374. The molecular weight excluding hydrogens is 404 g/mol. The largest absolute Gasteiger partial charge is 0.449 e. The van der Waals surface area contributed by atoms with Crippen LogP contribution in [0.15, 0.2) is 35.1 Å². The maximum Gasteiger partial charge on any atom is 0.263 e. The lowest BCUT2D eigenvalue weighted by Crippen LogP contribution is -2.59. The van der Waals surface area contributed by atoms with Crippen LogP contribution in [0.1, 0.15) is 83.5 Å². The van der Waals surface area contributed by atoms with E-state index in [0.717, 1.165) is 36.7 Å². The van der Waals surface area contributed by atoms with E-state index < -0.39 is 0 Å². The van der Waals surface area contributed by atoms with Crippen molar-refractivity contribution in [3.8, 4) is 11.5 Å². The predicted octanol–water partition coefficient (Wildman–Crippen LogP) is 5.73. The highest BCUT2D eigenvalue weighted by molar-refractivity contribution is 5.43. The third kappa shape index (κ3) is 4.87. The Balaban J connectivity index is 1.47. The summed E-state index contributed by atoms with van der Waals surface area (Å²) in [7, 11) is 0. The SMILES string of the molecule is c1ccc2c(c1)OC(C1CCCCCCN(C3CCCCCCCC3)N1c1conn1)O2. The average Bonchev–Trinajstić information content (AvgIpc) is 3.51. The Kier molecular flexibility index (Phi) is 7.11. The summed E-state index contributed by atoms with van der Waals surface area (Å²) in [6, 6.07) is 8.48. The summed E-state index contributed by atoms with van der Waals surface area (Å²) >= 11 is 0. The minimum Gasteiger partial charge on any atom is -0.449 e. The van der Waals surface area contributed by atoms with Crippen molar-refractivity contribution >= 4 is 5.82 Å². The van der Waals surface area contributed by atoms with E-state index in [1.54, 1.807) is 6.26 Å². The number of fused-ring (bicyclic) bond motifs is 1. The van der Waals surface area contributed by atoms with Crippen molar-refractivity contribution < 1.29 is 14.0 Å². The quantitative estimate of drug-likeness (QED) is 0.604. The van der Waals surface area contributed by atoms with Crippen LogP contribution in [0, 0.1) is 0 Å². The summed E-state index contributed by atoms with van der Waals surface area (Å²) in [6.45, 7) is 1.02. The molecule has 1 saturated heterocycles. The first-order chi connectivity index (χ1) is 15.9. The van der Waals surface area contributed by atoms with Gasteiger partial charge in [-0.3, -0.25) is 5.01 Å². The van der Waals surface area contributed by atoms with E-state index in [-0.39, 0.29) is 12.3 Å². The molecule has 32 heavy (non-hydrogen) atoms. The number of hydrogen-bond donors (Lipinski definition) is 0. The van der Waals surface area contributed by atoms with E-state index in [2.05, 4.69) is 20.4 Å². The molecule has 1 atom stereocenters. The monoisotopic (exact) mass is 440 g/mol. The molecule has 3 heterocycles. The van der Waals surface area contributed by atoms with Gasteiger partial charge in [-0.15, -0.1) is 0 Å². The summed E-state index contributed by atoms with van der Waals surface area (Å²) in [5.41, 5.74) is 0. The molecule has 5 rings (SSSR count). The summed E-state index contributed by atoms with van der Waals surface area (Å²) in [4.78, 5) is 0. The van der Waals surface area contributed by atoms with E-state index in [1.807, 2.05) is 24.3 Å². The Morgan fingerprint density at radius 3 is 2.03 bits per heavy atom. The van der Waals surface area contributed by atoms with Crippen molar-refractivity contribution in [2.24, 2.45) is 0 Å². The molecule has 0 spiro atoms. The molecule has 7 heteroatoms. The molecule has 7 nitrogen and oxygen atoms in total. The van der Waals surface area contributed by atoms with Crippen LogP contribution in [-0.2, 0) is 0 Å². The number of para-hydroxylation sites is 2. The highest BCUT2D eigenvalue weighted by atomic mass is 16.7. The molecule has 0 bridgehead atoms. The Morgan fingerprint density at radius 2 is 1.38 bits per heavy atom. The number of anilines is 1. The van der Waals surface area contributed by atoms with Gasteiger partial charge in [0.2, 0.25) is 5.82 Å². The lowest BCUT2D eigenvalue weighted by molar-refractivity contribution is -0.00469. The number of rotatable bonds is 3. The highest BCUT2D eigenvalue weighted by Gasteiger charge is 2.41. The summed E-state index contributed by atoms with van der Waals surface area (Å²) in [6.07, 6.45) is 17.6. The molecule has 0 N–H and O–H groups in total. The van der Waals surface area contributed by atoms with Crippen LogP contribution in [0.4, 0.5) is 5.82 Å². The van der Waals surface area contributed by atoms with E-state index in [0.29, 0.717) is 6.04 Å². The van der Waals surface area contributed by atoms with Crippen molar-refractivity contribution in [1.29, 1.82) is 0 Å². The molecule has 2 aliphatic heterocycles. The first-order valence-corrected chi connectivity index (χ1v) is 12.7. The zero-order valence-electron chi connectivity index (χ0n) is 19.0. The molecular formula is C25H36N4O3. The van der Waals surface area contributed by atoms with Crippen LogP contribution in [0.25, 0.3) is 0 Å². The molecule has 0 radical (unpaired) electrons. The fraction of sp³-hybridized carbons (Fsp3) is 0.680. The minimum absolute atomic E-state index is 0.0139. The number of nitrogens with zero attached hydrogens (tertiary/aromatic N) is 4. The Morgan fingerprint density at radius 1 is 0.750 bits per heavy atom. The van der Waals surface area contributed by atoms with Crippen molar-refractivity contribution in [2.75, 3.05) is 11.6 Å². The molecule has 1 aliphatic carbocycles. The number of hydrazine groups is 1. The summed E-state index contributed by atoms with van der Waals surface area (Å²) < 4.78 is 17.9. The lowest BCUT2D eigenvalue weighted by Gasteiger charge is -2.45. The number of aromatic nitrogens is 2. The van der Waals surface area contributed by atoms with Gasteiger partial charge < -0.3 is 14.0 Å². The van der Waals surface area contributed by atoms with Gasteiger partial charge in [0.05, 0.1) is 0 Å². The van der Waals surface area contributed by atoms with E-state index >= 15 is 0 Å². The van der Waals surface area contributed by atoms with Gasteiger partial charge in [-0.1, -0.05) is 75.0 Å². The zero-order chi connectivity index (χ0) is 21.6. The molecule has 174 valence electrons. The van der Waals surface area contributed by atoms with Crippen LogP contribution < -0.4 is 14.5 Å². The van der Waals surface area contributed by atoms with E-state index in [1.165, 1.54) is 70.6 Å². The highest BCUT2D eigenvalue weighted by Crippen LogP contribution is 2.39. The van der Waals surface area contributed by atoms with Gasteiger partial charge >= 0.3 is 0 Å². The van der Waals surface area contributed by atoms with Crippen LogP contribution in [0.5, 0.6) is 11.5 Å². The van der Waals surface area contributed by atoms with Crippen LogP contribution in [0.3, 0.4) is 0 Å². The number of hydrogen-bond acceptors (Lipinski definition) is 7. The van der Waals surface area contributed by atoms with Gasteiger partial charge in [-0.25, -0.2) is 5.01 Å². The van der Waals surface area contributed by atoms with Crippen molar-refractivity contribution in [2.45, 2.75) is 102 Å². The first-order valence-electron chi connectivity index (χ1n) is 12.7. The van der Waals surface area contributed by atoms with Gasteiger partial charge in [0, 0.05) is 17.9 Å². The fourth-order valence-corrected chi connectivity index (χ4v) is 5.56. The molecule has 3 aliphatic rings. The summed E-state index contributed by atoms with van der Waals surface area (Å²) in [5.74, 6) is 2.41. The van der Waals surface area contributed by atoms with Crippen LogP contribution in [0.2, 0.25) is 0 Å². The molecule has 0 amide bonds. The van der Waals surface area contributed by atoms with Gasteiger partial charge in [0.15, 0.2) is 17.8 Å². The molecule has 1 aromatic carbocycles. The third-order valence-corrected chi connectivity index (χ3v) is 7.21. The Hall–Kier alpha value is -2.28. The fourth-order valence-electron chi connectivity index (χ4n) is 5.56. The van der Waals surface area contributed by atoms with E-state index in [4.69, 9.17) is 14.0 Å². The van der Waals surface area contributed by atoms with Crippen LogP contribution >= 0.6 is 0 Å².